The van der Waals surface area contributed by atoms with Crippen molar-refractivity contribution in [3.05, 3.63) is 78.2 Å². The van der Waals surface area contributed by atoms with E-state index in [0.29, 0.717) is 29.2 Å². The van der Waals surface area contributed by atoms with Gasteiger partial charge in [-0.05, 0) is 61.4 Å². The van der Waals surface area contributed by atoms with Gasteiger partial charge in [-0.1, -0.05) is 12.1 Å². The molecule has 0 spiro atoms. The molecule has 0 saturated heterocycles. The van der Waals surface area contributed by atoms with Gasteiger partial charge in [0.25, 0.3) is 5.91 Å². The molecule has 8 heteroatoms. The SMILES string of the molecule is CCOc1ccc(C(=O)Nc2cccc(-c3cc(NC(=O)NC)c4nccn4c3)c2C)cc1. The Kier molecular flexibility index (Phi) is 6.26. The number of carbonyl (C=O) groups excluding carboxylic acids is 2. The predicted octanol–water partition coefficient (Wildman–Crippen LogP) is 4.71. The van der Waals surface area contributed by atoms with Crippen LogP contribution in [-0.4, -0.2) is 35.0 Å². The van der Waals surface area contributed by atoms with Crippen molar-refractivity contribution in [2.45, 2.75) is 13.8 Å². The summed E-state index contributed by atoms with van der Waals surface area (Å²) in [5.74, 6) is 0.522. The number of pyridine rings is 1. The molecule has 0 unspecified atom stereocenters. The maximum absolute atomic E-state index is 12.8. The Hall–Kier alpha value is -4.33. The van der Waals surface area contributed by atoms with E-state index >= 15 is 0 Å². The summed E-state index contributed by atoms with van der Waals surface area (Å²) in [5, 5.41) is 8.37. The molecule has 0 atom stereocenters. The third kappa shape index (κ3) is 4.64. The lowest BCUT2D eigenvalue weighted by Gasteiger charge is -2.15. The van der Waals surface area contributed by atoms with Crippen molar-refractivity contribution < 1.29 is 14.3 Å². The summed E-state index contributed by atoms with van der Waals surface area (Å²) >= 11 is 0. The van der Waals surface area contributed by atoms with Crippen LogP contribution in [0.15, 0.2) is 67.1 Å². The molecule has 33 heavy (non-hydrogen) atoms. The summed E-state index contributed by atoms with van der Waals surface area (Å²) in [6.45, 7) is 4.44. The number of urea groups is 1. The molecule has 0 aliphatic carbocycles. The van der Waals surface area contributed by atoms with Gasteiger partial charge in [0.1, 0.15) is 5.75 Å². The van der Waals surface area contributed by atoms with E-state index in [2.05, 4.69) is 20.9 Å². The first kappa shape index (κ1) is 21.9. The number of ether oxygens (including phenoxy) is 1. The average Bonchev–Trinajstić information content (AvgIpc) is 3.30. The van der Waals surface area contributed by atoms with Crippen LogP contribution in [0.2, 0.25) is 0 Å². The van der Waals surface area contributed by atoms with Crippen molar-refractivity contribution in [3.8, 4) is 16.9 Å². The fourth-order valence-corrected chi connectivity index (χ4v) is 3.60. The van der Waals surface area contributed by atoms with E-state index < -0.39 is 0 Å². The van der Waals surface area contributed by atoms with Crippen LogP contribution < -0.4 is 20.7 Å². The molecule has 0 saturated carbocycles. The van der Waals surface area contributed by atoms with Gasteiger partial charge in [0.2, 0.25) is 0 Å². The highest BCUT2D eigenvalue weighted by Gasteiger charge is 2.14. The zero-order valence-electron chi connectivity index (χ0n) is 18.7. The molecule has 0 aliphatic rings. The van der Waals surface area contributed by atoms with Crippen molar-refractivity contribution in [2.24, 2.45) is 0 Å². The number of nitrogens with zero attached hydrogens (tertiary/aromatic N) is 2. The molecule has 168 valence electrons. The highest BCUT2D eigenvalue weighted by molar-refractivity contribution is 6.05. The van der Waals surface area contributed by atoms with Crippen molar-refractivity contribution in [1.82, 2.24) is 14.7 Å². The van der Waals surface area contributed by atoms with Crippen molar-refractivity contribution >= 4 is 29.0 Å². The molecule has 0 bridgehead atoms. The molecule has 3 N–H and O–H groups in total. The van der Waals surface area contributed by atoms with Gasteiger partial charge in [-0.3, -0.25) is 4.79 Å². The highest BCUT2D eigenvalue weighted by atomic mass is 16.5. The number of aromatic nitrogens is 2. The first-order valence-corrected chi connectivity index (χ1v) is 10.6. The topological polar surface area (TPSA) is 96.8 Å². The Morgan fingerprint density at radius 3 is 2.58 bits per heavy atom. The third-order valence-corrected chi connectivity index (χ3v) is 5.28. The Morgan fingerprint density at radius 1 is 1.06 bits per heavy atom. The molecule has 3 amide bonds. The molecule has 0 radical (unpaired) electrons. The number of hydrogen-bond acceptors (Lipinski definition) is 4. The fourth-order valence-electron chi connectivity index (χ4n) is 3.60. The number of amides is 3. The monoisotopic (exact) mass is 443 g/mol. The summed E-state index contributed by atoms with van der Waals surface area (Å²) < 4.78 is 7.29. The fraction of sp³-hybridized carbons (Fsp3) is 0.160. The molecular weight excluding hydrogens is 418 g/mol. The van der Waals surface area contributed by atoms with Crippen LogP contribution in [0.1, 0.15) is 22.8 Å². The Labute approximate surface area is 191 Å². The number of fused-ring (bicyclic) bond motifs is 1. The third-order valence-electron chi connectivity index (χ3n) is 5.28. The molecule has 4 aromatic rings. The van der Waals surface area contributed by atoms with Crippen LogP contribution in [0.3, 0.4) is 0 Å². The van der Waals surface area contributed by atoms with Crippen molar-refractivity contribution in [1.29, 1.82) is 0 Å². The lowest BCUT2D eigenvalue weighted by atomic mass is 10.00. The molecule has 4 rings (SSSR count). The number of benzene rings is 2. The molecule has 8 nitrogen and oxygen atoms in total. The largest absolute Gasteiger partial charge is 0.494 e. The number of hydrogen-bond donors (Lipinski definition) is 3. The highest BCUT2D eigenvalue weighted by Crippen LogP contribution is 2.32. The standard InChI is InChI=1S/C25H25N5O3/c1-4-33-19-10-8-17(9-11-19)24(31)28-21-7-5-6-20(16(21)2)18-14-22(29-25(32)26-3)23-27-12-13-30(23)15-18/h5-15H,4H2,1-3H3,(H,28,31)(H2,26,29,32). The van der Waals surface area contributed by atoms with Gasteiger partial charge in [-0.2, -0.15) is 0 Å². The zero-order valence-corrected chi connectivity index (χ0v) is 18.7. The smallest absolute Gasteiger partial charge is 0.319 e. The summed E-state index contributed by atoms with van der Waals surface area (Å²) in [6.07, 6.45) is 5.44. The molecule has 2 aromatic heterocycles. The molecule has 0 fully saturated rings. The van der Waals surface area contributed by atoms with Crippen molar-refractivity contribution in [3.63, 3.8) is 0 Å². The minimum absolute atomic E-state index is 0.203. The van der Waals surface area contributed by atoms with E-state index in [4.69, 9.17) is 4.74 Å². The summed E-state index contributed by atoms with van der Waals surface area (Å²) in [5.41, 5.74) is 5.18. The molecular formula is C25H25N5O3. The minimum atomic E-state index is -0.329. The van der Waals surface area contributed by atoms with Gasteiger partial charge in [0, 0.05) is 42.5 Å². The van der Waals surface area contributed by atoms with Crippen LogP contribution >= 0.6 is 0 Å². The van der Waals surface area contributed by atoms with Gasteiger partial charge in [0.05, 0.1) is 12.3 Å². The number of nitrogens with one attached hydrogen (secondary N) is 3. The second-order valence-electron chi connectivity index (χ2n) is 7.39. The molecule has 0 aliphatic heterocycles. The van der Waals surface area contributed by atoms with Crippen LogP contribution in [0.5, 0.6) is 5.75 Å². The normalized spacial score (nSPS) is 10.6. The van der Waals surface area contributed by atoms with Gasteiger partial charge < -0.3 is 25.1 Å². The summed E-state index contributed by atoms with van der Waals surface area (Å²) in [6, 6.07) is 14.3. The number of imidazole rings is 1. The van der Waals surface area contributed by atoms with Crippen molar-refractivity contribution in [2.75, 3.05) is 24.3 Å². The first-order chi connectivity index (χ1) is 16.0. The average molecular weight is 444 g/mol. The first-order valence-electron chi connectivity index (χ1n) is 10.6. The van der Waals surface area contributed by atoms with Gasteiger partial charge in [-0.25, -0.2) is 9.78 Å². The van der Waals surface area contributed by atoms with E-state index in [1.807, 2.05) is 54.9 Å². The summed E-state index contributed by atoms with van der Waals surface area (Å²) in [7, 11) is 1.56. The van der Waals surface area contributed by atoms with E-state index in [-0.39, 0.29) is 11.9 Å². The van der Waals surface area contributed by atoms with Gasteiger partial charge in [-0.15, -0.1) is 0 Å². The van der Waals surface area contributed by atoms with E-state index in [0.717, 1.165) is 22.4 Å². The van der Waals surface area contributed by atoms with Gasteiger partial charge >= 0.3 is 6.03 Å². The molecule has 2 aromatic carbocycles. The predicted molar refractivity (Wildman–Crippen MR) is 129 cm³/mol. The summed E-state index contributed by atoms with van der Waals surface area (Å²) in [4.78, 5) is 29.1. The lowest BCUT2D eigenvalue weighted by molar-refractivity contribution is 0.102. The second kappa shape index (κ2) is 9.44. The van der Waals surface area contributed by atoms with E-state index in [1.165, 1.54) is 0 Å². The quantitative estimate of drug-likeness (QED) is 0.402. The van der Waals surface area contributed by atoms with E-state index in [1.54, 1.807) is 37.5 Å². The van der Waals surface area contributed by atoms with Crippen LogP contribution in [0, 0.1) is 6.92 Å². The van der Waals surface area contributed by atoms with Crippen LogP contribution in [0.25, 0.3) is 16.8 Å². The molecule has 2 heterocycles. The minimum Gasteiger partial charge on any atom is -0.494 e. The van der Waals surface area contributed by atoms with Gasteiger partial charge in [0.15, 0.2) is 5.65 Å². The Morgan fingerprint density at radius 2 is 1.85 bits per heavy atom. The number of carbonyl (C=O) groups is 2. The Balaban J connectivity index is 1.65. The maximum Gasteiger partial charge on any atom is 0.319 e. The number of anilines is 2. The maximum atomic E-state index is 12.8. The van der Waals surface area contributed by atoms with Crippen LogP contribution in [0.4, 0.5) is 16.2 Å². The lowest BCUT2D eigenvalue weighted by Crippen LogP contribution is -2.24. The zero-order chi connectivity index (χ0) is 23.4. The van der Waals surface area contributed by atoms with E-state index in [9.17, 15) is 9.59 Å². The van der Waals surface area contributed by atoms with Crippen LogP contribution in [-0.2, 0) is 0 Å². The number of rotatable bonds is 6. The Bertz CT molecular complexity index is 1310. The second-order valence-corrected chi connectivity index (χ2v) is 7.39.